The van der Waals surface area contributed by atoms with Crippen LogP contribution in [0.3, 0.4) is 0 Å². The summed E-state index contributed by atoms with van der Waals surface area (Å²) in [4.78, 5) is 38.0. The van der Waals surface area contributed by atoms with E-state index in [1.165, 1.54) is 11.6 Å². The summed E-state index contributed by atoms with van der Waals surface area (Å²) in [6.07, 6.45) is 1.06. The molecule has 7 heteroatoms. The van der Waals surface area contributed by atoms with Crippen LogP contribution in [-0.4, -0.2) is 19.5 Å². The van der Waals surface area contributed by atoms with Gasteiger partial charge < -0.3 is 4.57 Å². The minimum absolute atomic E-state index is 0.0767. The van der Waals surface area contributed by atoms with Crippen LogP contribution in [0.25, 0.3) is 22.2 Å². The molecule has 0 fully saturated rings. The van der Waals surface area contributed by atoms with Gasteiger partial charge in [0, 0.05) is 32.6 Å². The third kappa shape index (κ3) is 2.02. The van der Waals surface area contributed by atoms with Gasteiger partial charge in [0.2, 0.25) is 0 Å². The van der Waals surface area contributed by atoms with Gasteiger partial charge in [-0.1, -0.05) is 12.1 Å². The topological polar surface area (TPSA) is 89.8 Å². The maximum absolute atomic E-state index is 12.9. The summed E-state index contributed by atoms with van der Waals surface area (Å²) in [5.41, 5.74) is 1.62. The van der Waals surface area contributed by atoms with E-state index in [-0.39, 0.29) is 5.78 Å². The summed E-state index contributed by atoms with van der Waals surface area (Å²) in [6, 6.07) is 9.04. The number of carbonyl (C=O) groups excluding carboxylic acids is 1. The van der Waals surface area contributed by atoms with Crippen molar-refractivity contribution in [3.63, 3.8) is 0 Å². The monoisotopic (exact) mass is 348 g/mol. The Morgan fingerprint density at radius 1 is 1.08 bits per heavy atom. The maximum Gasteiger partial charge on any atom is 0.331 e. The first kappa shape index (κ1) is 16.1. The lowest BCUT2D eigenvalue weighted by molar-refractivity contribution is 0.0957. The van der Waals surface area contributed by atoms with E-state index < -0.39 is 11.2 Å². The number of hydrogen-bond donors (Lipinski definition) is 0. The van der Waals surface area contributed by atoms with E-state index >= 15 is 0 Å². The first-order valence-electron chi connectivity index (χ1n) is 8.31. The summed E-state index contributed by atoms with van der Waals surface area (Å²) in [5, 5.41) is 9.55. The number of carbonyl (C=O) groups is 1. The molecular formula is C19H16N4O3. The van der Waals surface area contributed by atoms with Crippen LogP contribution in [0.15, 0.2) is 33.9 Å². The number of ketones is 1. The van der Waals surface area contributed by atoms with Gasteiger partial charge in [0.05, 0.1) is 28.2 Å². The first-order valence-corrected chi connectivity index (χ1v) is 8.31. The number of aromatic nitrogens is 3. The molecule has 1 aliphatic rings. The summed E-state index contributed by atoms with van der Waals surface area (Å²) >= 11 is 0. The number of nitrogens with zero attached hydrogens (tertiary/aromatic N) is 4. The molecule has 0 N–H and O–H groups in total. The van der Waals surface area contributed by atoms with Crippen molar-refractivity contribution in [2.24, 2.45) is 14.1 Å². The van der Waals surface area contributed by atoms with Crippen molar-refractivity contribution in [3.05, 3.63) is 56.4 Å². The van der Waals surface area contributed by atoms with Crippen LogP contribution in [-0.2, 0) is 20.6 Å². The largest absolute Gasteiger partial charge is 0.336 e. The van der Waals surface area contributed by atoms with Crippen LogP contribution in [0, 0.1) is 11.3 Å². The van der Waals surface area contributed by atoms with Gasteiger partial charge in [0.1, 0.15) is 5.69 Å². The predicted octanol–water partition coefficient (Wildman–Crippen LogP) is 1.55. The normalized spacial score (nSPS) is 13.7. The molecule has 0 atom stereocenters. The van der Waals surface area contributed by atoms with E-state index in [0.29, 0.717) is 52.8 Å². The Labute approximate surface area is 148 Å². The number of nitriles is 1. The Morgan fingerprint density at radius 2 is 1.85 bits per heavy atom. The van der Waals surface area contributed by atoms with Crippen molar-refractivity contribution >= 4 is 16.7 Å². The molecule has 0 unspecified atom stereocenters. The SMILES string of the molecule is Cn1c(=O)c2c(-c3cccc(C#N)c3)n3c(c2n(C)c1=O)C(=O)CCC3. The molecule has 26 heavy (non-hydrogen) atoms. The van der Waals surface area contributed by atoms with E-state index in [9.17, 15) is 19.6 Å². The quantitative estimate of drug-likeness (QED) is 0.667. The van der Waals surface area contributed by atoms with E-state index in [1.54, 1.807) is 25.2 Å². The molecule has 7 nitrogen and oxygen atoms in total. The molecule has 1 aliphatic heterocycles. The van der Waals surface area contributed by atoms with Crippen molar-refractivity contribution in [2.75, 3.05) is 0 Å². The van der Waals surface area contributed by atoms with E-state index in [2.05, 4.69) is 6.07 Å². The summed E-state index contributed by atoms with van der Waals surface area (Å²) in [6.45, 7) is 0.583. The Kier molecular flexibility index (Phi) is 3.44. The fraction of sp³-hybridized carbons (Fsp3) is 0.263. The van der Waals surface area contributed by atoms with Gasteiger partial charge in [-0.15, -0.1) is 0 Å². The molecule has 0 radical (unpaired) electrons. The van der Waals surface area contributed by atoms with E-state index in [1.807, 2.05) is 10.6 Å². The molecule has 0 saturated heterocycles. The molecule has 0 amide bonds. The molecule has 130 valence electrons. The molecule has 0 bridgehead atoms. The molecule has 0 aliphatic carbocycles. The zero-order valence-electron chi connectivity index (χ0n) is 14.4. The van der Waals surface area contributed by atoms with Gasteiger partial charge in [0.15, 0.2) is 5.78 Å². The number of rotatable bonds is 1. The van der Waals surface area contributed by atoms with Crippen LogP contribution in [0.2, 0.25) is 0 Å². The zero-order valence-corrected chi connectivity index (χ0v) is 14.4. The molecule has 0 saturated carbocycles. The average molecular weight is 348 g/mol. The van der Waals surface area contributed by atoms with Crippen molar-refractivity contribution < 1.29 is 4.79 Å². The van der Waals surface area contributed by atoms with Crippen molar-refractivity contribution in [2.45, 2.75) is 19.4 Å². The van der Waals surface area contributed by atoms with Crippen molar-refractivity contribution in [3.8, 4) is 17.3 Å². The maximum atomic E-state index is 12.9. The minimum Gasteiger partial charge on any atom is -0.336 e. The highest BCUT2D eigenvalue weighted by molar-refractivity contribution is 6.11. The van der Waals surface area contributed by atoms with Gasteiger partial charge in [-0.05, 0) is 18.6 Å². The van der Waals surface area contributed by atoms with Gasteiger partial charge in [0.25, 0.3) is 5.56 Å². The van der Waals surface area contributed by atoms with E-state index in [4.69, 9.17) is 0 Å². The van der Waals surface area contributed by atoms with Gasteiger partial charge in [-0.25, -0.2) is 4.79 Å². The lowest BCUT2D eigenvalue weighted by Crippen LogP contribution is -2.37. The summed E-state index contributed by atoms with van der Waals surface area (Å²) < 4.78 is 4.24. The fourth-order valence-corrected chi connectivity index (χ4v) is 3.77. The molecule has 2 aromatic heterocycles. The van der Waals surface area contributed by atoms with Crippen molar-refractivity contribution in [1.29, 1.82) is 5.26 Å². The second kappa shape index (κ2) is 5.56. The molecule has 0 spiro atoms. The highest BCUT2D eigenvalue weighted by Crippen LogP contribution is 2.35. The van der Waals surface area contributed by atoms with Crippen molar-refractivity contribution in [1.82, 2.24) is 13.7 Å². The number of benzene rings is 1. The van der Waals surface area contributed by atoms with Gasteiger partial charge >= 0.3 is 5.69 Å². The van der Waals surface area contributed by atoms with Gasteiger partial charge in [-0.3, -0.25) is 18.7 Å². The second-order valence-corrected chi connectivity index (χ2v) is 6.50. The Bertz CT molecular complexity index is 1250. The smallest absolute Gasteiger partial charge is 0.331 e. The number of fused-ring (bicyclic) bond motifs is 3. The standard InChI is InChI=1S/C19H16N4O3/c1-21-17-14(18(25)22(2)19(21)26)15(12-6-3-5-11(9-12)10-20)23-8-4-7-13(24)16(17)23/h3,5-6,9H,4,7-8H2,1-2H3. The zero-order chi connectivity index (χ0) is 18.6. The lowest BCUT2D eigenvalue weighted by Gasteiger charge is -2.17. The predicted molar refractivity (Wildman–Crippen MR) is 96.1 cm³/mol. The van der Waals surface area contributed by atoms with Crippen LogP contribution < -0.4 is 11.2 Å². The Balaban J connectivity index is 2.28. The van der Waals surface area contributed by atoms with Crippen LogP contribution in [0.4, 0.5) is 0 Å². The number of Topliss-reactive ketones (excluding diaryl/α,β-unsaturated/α-hetero) is 1. The fourth-order valence-electron chi connectivity index (χ4n) is 3.77. The second-order valence-electron chi connectivity index (χ2n) is 6.50. The summed E-state index contributed by atoms with van der Waals surface area (Å²) in [5.74, 6) is -0.0767. The molecule has 3 heterocycles. The molecule has 1 aromatic carbocycles. The van der Waals surface area contributed by atoms with Crippen LogP contribution in [0.5, 0.6) is 0 Å². The molecule has 3 aromatic rings. The van der Waals surface area contributed by atoms with Crippen LogP contribution in [0.1, 0.15) is 28.9 Å². The molecule has 4 rings (SSSR count). The minimum atomic E-state index is -0.466. The third-order valence-electron chi connectivity index (χ3n) is 4.98. The van der Waals surface area contributed by atoms with E-state index in [0.717, 1.165) is 4.57 Å². The van der Waals surface area contributed by atoms with Gasteiger partial charge in [-0.2, -0.15) is 5.26 Å². The summed E-state index contributed by atoms with van der Waals surface area (Å²) in [7, 11) is 3.00. The Morgan fingerprint density at radius 3 is 2.58 bits per heavy atom. The van der Waals surface area contributed by atoms with Crippen LogP contribution >= 0.6 is 0 Å². The molecular weight excluding hydrogens is 332 g/mol. The highest BCUT2D eigenvalue weighted by Gasteiger charge is 2.30. The number of aryl methyl sites for hydroxylation is 1. The lowest BCUT2D eigenvalue weighted by atomic mass is 10.1. The Hall–Kier alpha value is -3.40. The first-order chi connectivity index (χ1) is 12.5. The average Bonchev–Trinajstić information content (AvgIpc) is 3.01. The third-order valence-corrected chi connectivity index (χ3v) is 4.98. The number of hydrogen-bond acceptors (Lipinski definition) is 4. The highest BCUT2D eigenvalue weighted by atomic mass is 16.2.